The Morgan fingerprint density at radius 2 is 2.11 bits per heavy atom. The number of likely N-dealkylation sites (tertiary alicyclic amines) is 1. The van der Waals surface area contributed by atoms with E-state index in [-0.39, 0.29) is 18.3 Å². The standard InChI is InChI=1S/C28H30FN3O3/c1-35-23-8-10-27-25(18-23)24(11-14-31-27)26(29)9-7-20-12-16-32(19-21(20)17-28(33)34)15-4-6-22-5-2-3-13-30-22/h2-3,5,8,10-11,13-14,18,20-21,26H,7,9,12,15-17,19H2,1H3,(H,33,34)/t20-,21+,26?/m1/s1. The quantitative estimate of drug-likeness (QED) is 0.468. The fourth-order valence-electron chi connectivity index (χ4n) is 4.88. The van der Waals surface area contributed by atoms with E-state index < -0.39 is 12.1 Å². The first kappa shape index (κ1) is 24.6. The van der Waals surface area contributed by atoms with Gasteiger partial charge in [0.15, 0.2) is 0 Å². The number of benzene rings is 1. The second kappa shape index (κ2) is 11.8. The van der Waals surface area contributed by atoms with Gasteiger partial charge in [-0.25, -0.2) is 9.37 Å². The second-order valence-electron chi connectivity index (χ2n) is 8.99. The summed E-state index contributed by atoms with van der Waals surface area (Å²) in [5.41, 5.74) is 2.06. The number of hydrogen-bond acceptors (Lipinski definition) is 5. The van der Waals surface area contributed by atoms with Crippen molar-refractivity contribution in [2.45, 2.75) is 31.9 Å². The maximum atomic E-state index is 15.4. The number of aromatic nitrogens is 2. The zero-order chi connectivity index (χ0) is 24.6. The van der Waals surface area contributed by atoms with Crippen LogP contribution in [0.25, 0.3) is 10.9 Å². The number of ether oxygens (including phenoxy) is 1. The molecule has 1 N–H and O–H groups in total. The third-order valence-electron chi connectivity index (χ3n) is 6.71. The number of carbonyl (C=O) groups is 1. The predicted octanol–water partition coefficient (Wildman–Crippen LogP) is 4.89. The molecule has 4 rings (SSSR count). The monoisotopic (exact) mass is 475 g/mol. The fraction of sp³-hybridized carbons (Fsp3) is 0.393. The fourth-order valence-corrected chi connectivity index (χ4v) is 4.88. The summed E-state index contributed by atoms with van der Waals surface area (Å²) in [6, 6.07) is 12.8. The molecule has 7 heteroatoms. The van der Waals surface area contributed by atoms with Crippen LogP contribution in [0.3, 0.4) is 0 Å². The average molecular weight is 476 g/mol. The molecule has 1 aliphatic rings. The molecule has 1 unspecified atom stereocenters. The Hall–Kier alpha value is -3.50. The van der Waals surface area contributed by atoms with Crippen LogP contribution in [-0.4, -0.2) is 52.7 Å². The van der Waals surface area contributed by atoms with Crippen molar-refractivity contribution >= 4 is 16.9 Å². The van der Waals surface area contributed by atoms with E-state index in [0.717, 1.165) is 29.6 Å². The number of alkyl halides is 1. The van der Waals surface area contributed by atoms with E-state index in [2.05, 4.69) is 26.7 Å². The number of aliphatic carboxylic acids is 1. The summed E-state index contributed by atoms with van der Waals surface area (Å²) in [6.07, 6.45) is 4.09. The summed E-state index contributed by atoms with van der Waals surface area (Å²) in [5.74, 6) is 6.19. The van der Waals surface area contributed by atoms with Crippen LogP contribution in [0.2, 0.25) is 0 Å². The highest BCUT2D eigenvalue weighted by Gasteiger charge is 2.31. The van der Waals surface area contributed by atoms with Gasteiger partial charge in [-0.05, 0) is 85.5 Å². The highest BCUT2D eigenvalue weighted by Crippen LogP contribution is 2.36. The van der Waals surface area contributed by atoms with Gasteiger partial charge in [0.1, 0.15) is 17.6 Å². The molecule has 0 radical (unpaired) electrons. The number of rotatable bonds is 8. The van der Waals surface area contributed by atoms with E-state index in [9.17, 15) is 9.90 Å². The molecule has 1 aromatic carbocycles. The first-order valence-corrected chi connectivity index (χ1v) is 11.9. The van der Waals surface area contributed by atoms with Crippen molar-refractivity contribution in [1.29, 1.82) is 0 Å². The molecule has 0 spiro atoms. The van der Waals surface area contributed by atoms with E-state index in [1.54, 1.807) is 25.6 Å². The number of fused-ring (bicyclic) bond motifs is 1. The number of methoxy groups -OCH3 is 1. The van der Waals surface area contributed by atoms with Gasteiger partial charge in [0.25, 0.3) is 0 Å². The SMILES string of the molecule is COc1ccc2nccc(C(F)CC[C@@H]3CCN(CC#Cc4ccccn4)C[C@@H]3CC(=O)O)c2c1. The van der Waals surface area contributed by atoms with E-state index in [0.29, 0.717) is 37.2 Å². The molecular formula is C28H30FN3O3. The summed E-state index contributed by atoms with van der Waals surface area (Å²) >= 11 is 0. The first-order chi connectivity index (χ1) is 17.0. The summed E-state index contributed by atoms with van der Waals surface area (Å²) in [7, 11) is 1.59. The molecule has 0 amide bonds. The van der Waals surface area contributed by atoms with Gasteiger partial charge < -0.3 is 9.84 Å². The molecular weight excluding hydrogens is 445 g/mol. The van der Waals surface area contributed by atoms with Crippen molar-refractivity contribution < 1.29 is 19.0 Å². The lowest BCUT2D eigenvalue weighted by Gasteiger charge is -2.37. The van der Waals surface area contributed by atoms with Gasteiger partial charge in [-0.15, -0.1) is 0 Å². The van der Waals surface area contributed by atoms with Crippen LogP contribution in [-0.2, 0) is 4.79 Å². The molecule has 2 aromatic heterocycles. The van der Waals surface area contributed by atoms with Gasteiger partial charge in [-0.2, -0.15) is 0 Å². The van der Waals surface area contributed by atoms with Crippen LogP contribution in [0.4, 0.5) is 4.39 Å². The topological polar surface area (TPSA) is 75.5 Å². The normalized spacial score (nSPS) is 19.0. The molecule has 0 bridgehead atoms. The first-order valence-electron chi connectivity index (χ1n) is 11.9. The van der Waals surface area contributed by atoms with Gasteiger partial charge in [0.2, 0.25) is 0 Å². The van der Waals surface area contributed by atoms with E-state index in [1.165, 1.54) is 0 Å². The van der Waals surface area contributed by atoms with Gasteiger partial charge in [-0.3, -0.25) is 14.7 Å². The van der Waals surface area contributed by atoms with E-state index in [4.69, 9.17) is 4.74 Å². The lowest BCUT2D eigenvalue weighted by atomic mass is 9.79. The minimum absolute atomic E-state index is 0.0284. The van der Waals surface area contributed by atoms with Crippen LogP contribution in [0, 0.1) is 23.7 Å². The van der Waals surface area contributed by atoms with Gasteiger partial charge in [-0.1, -0.05) is 12.0 Å². The Bertz CT molecular complexity index is 1210. The number of carboxylic acids is 1. The number of halogens is 1. The number of hydrogen-bond donors (Lipinski definition) is 1. The number of carboxylic acid groups (broad SMARTS) is 1. The molecule has 0 saturated carbocycles. The van der Waals surface area contributed by atoms with Crippen LogP contribution >= 0.6 is 0 Å². The largest absolute Gasteiger partial charge is 0.497 e. The molecule has 1 aliphatic heterocycles. The Morgan fingerprint density at radius 3 is 2.89 bits per heavy atom. The summed E-state index contributed by atoms with van der Waals surface area (Å²) < 4.78 is 20.7. The molecule has 3 aromatic rings. The van der Waals surface area contributed by atoms with Crippen molar-refractivity contribution in [3.8, 4) is 17.6 Å². The highest BCUT2D eigenvalue weighted by molar-refractivity contribution is 5.83. The zero-order valence-electron chi connectivity index (χ0n) is 19.9. The molecule has 0 aliphatic carbocycles. The molecule has 1 fully saturated rings. The van der Waals surface area contributed by atoms with E-state index in [1.807, 2.05) is 36.4 Å². The van der Waals surface area contributed by atoms with Gasteiger partial charge in [0, 0.05) is 30.7 Å². The van der Waals surface area contributed by atoms with Crippen molar-refractivity contribution in [3.05, 3.63) is 66.1 Å². The molecule has 1 saturated heterocycles. The van der Waals surface area contributed by atoms with Crippen molar-refractivity contribution in [1.82, 2.24) is 14.9 Å². The van der Waals surface area contributed by atoms with E-state index >= 15 is 4.39 Å². The summed E-state index contributed by atoms with van der Waals surface area (Å²) in [6.45, 7) is 2.04. The lowest BCUT2D eigenvalue weighted by Crippen LogP contribution is -2.41. The van der Waals surface area contributed by atoms with Gasteiger partial charge >= 0.3 is 5.97 Å². The molecule has 182 valence electrons. The Morgan fingerprint density at radius 1 is 1.23 bits per heavy atom. The van der Waals surface area contributed by atoms with Crippen molar-refractivity contribution in [3.63, 3.8) is 0 Å². The number of pyridine rings is 2. The van der Waals surface area contributed by atoms with Crippen LogP contribution in [0.5, 0.6) is 5.75 Å². The lowest BCUT2D eigenvalue weighted by molar-refractivity contribution is -0.139. The predicted molar refractivity (Wildman–Crippen MR) is 133 cm³/mol. The summed E-state index contributed by atoms with van der Waals surface area (Å²) in [5, 5.41) is 10.2. The second-order valence-corrected chi connectivity index (χ2v) is 8.99. The minimum Gasteiger partial charge on any atom is -0.497 e. The number of piperidine rings is 1. The maximum Gasteiger partial charge on any atom is 0.303 e. The average Bonchev–Trinajstić information content (AvgIpc) is 2.87. The van der Waals surface area contributed by atoms with Crippen molar-refractivity contribution in [2.24, 2.45) is 11.8 Å². The Labute approximate surface area is 205 Å². The van der Waals surface area contributed by atoms with Crippen LogP contribution in [0.15, 0.2) is 54.9 Å². The third kappa shape index (κ3) is 6.55. The summed E-state index contributed by atoms with van der Waals surface area (Å²) in [4.78, 5) is 22.3. The smallest absolute Gasteiger partial charge is 0.303 e. The highest BCUT2D eigenvalue weighted by atomic mass is 19.1. The maximum absolute atomic E-state index is 15.4. The zero-order valence-corrected chi connectivity index (χ0v) is 19.9. The number of nitrogens with zero attached hydrogens (tertiary/aromatic N) is 3. The van der Waals surface area contributed by atoms with Crippen LogP contribution in [0.1, 0.15) is 43.1 Å². The molecule has 6 nitrogen and oxygen atoms in total. The molecule has 3 heterocycles. The minimum atomic E-state index is -1.15. The molecule has 35 heavy (non-hydrogen) atoms. The van der Waals surface area contributed by atoms with Crippen LogP contribution < -0.4 is 4.74 Å². The Balaban J connectivity index is 1.39. The third-order valence-corrected chi connectivity index (χ3v) is 6.71. The Kier molecular flexibility index (Phi) is 8.27. The molecule has 3 atom stereocenters. The van der Waals surface area contributed by atoms with Crippen molar-refractivity contribution in [2.75, 3.05) is 26.7 Å². The van der Waals surface area contributed by atoms with Gasteiger partial charge in [0.05, 0.1) is 19.2 Å².